The molecule has 13 rings (SSSR count). The molecule has 5 heterocycles. The molecule has 23 nitrogen and oxygen atoms in total. The molecule has 0 spiro atoms. The Kier molecular flexibility index (Phi) is 30.2. The van der Waals surface area contributed by atoms with Crippen LogP contribution < -0.4 is 5.32 Å². The Balaban J connectivity index is 0.897. The van der Waals surface area contributed by atoms with E-state index < -0.39 is 166 Å². The van der Waals surface area contributed by atoms with Crippen molar-refractivity contribution in [1.82, 2.24) is 5.32 Å². The average Bonchev–Trinajstić information content (AvgIpc) is 0.759. The summed E-state index contributed by atoms with van der Waals surface area (Å²) in [6.07, 6.45) is -29.4. The molecule has 5 fully saturated rings. The third-order valence-corrected chi connectivity index (χ3v) is 20.9. The number of amides is 1. The highest BCUT2D eigenvalue weighted by atomic mass is 16.8. The fraction of sp³-hybridized carbons (Fsp3) is 0.449. The molecule has 112 heavy (non-hydrogen) atoms. The zero-order valence-electron chi connectivity index (χ0n) is 63.7. The van der Waals surface area contributed by atoms with Crippen LogP contribution in [0, 0.1) is 0 Å². The van der Waals surface area contributed by atoms with Crippen LogP contribution in [0.15, 0.2) is 243 Å². The van der Waals surface area contributed by atoms with Crippen molar-refractivity contribution in [1.29, 1.82) is 0 Å². The van der Waals surface area contributed by atoms with E-state index in [4.69, 9.17) is 80.5 Å². The molecule has 0 aliphatic carbocycles. The normalized spacial score (nSPS) is 32.2. The fourth-order valence-electron chi connectivity index (χ4n) is 15.0. The third-order valence-electron chi connectivity index (χ3n) is 20.9. The lowest BCUT2D eigenvalue weighted by Gasteiger charge is -2.52. The van der Waals surface area contributed by atoms with Crippen LogP contribution in [-0.2, 0) is 138 Å². The molecule has 25 atom stereocenters. The highest BCUT2D eigenvalue weighted by Gasteiger charge is 2.59. The number of aliphatic hydroxyl groups is 4. The maximum atomic E-state index is 13.8. The van der Waals surface area contributed by atoms with Crippen molar-refractivity contribution in [2.45, 2.75) is 241 Å². The molecule has 598 valence electrons. The Morgan fingerprint density at radius 1 is 0.304 bits per heavy atom. The summed E-state index contributed by atoms with van der Waals surface area (Å²) < 4.78 is 119. The van der Waals surface area contributed by atoms with Crippen LogP contribution in [0.5, 0.6) is 0 Å². The molecular weight excluding hydrogens is 1430 g/mol. The third kappa shape index (κ3) is 21.9. The van der Waals surface area contributed by atoms with Crippen molar-refractivity contribution in [3.63, 3.8) is 0 Å². The van der Waals surface area contributed by atoms with Crippen LogP contribution in [0.25, 0.3) is 0 Å². The SMILES string of the molecule is CC(=O)NC1[C@H](C)OC(CO)[C@H](O)[C@@H]1O[C@@H]1OC(C)[C@H](OCc2ccccc2)[C@@H](O[C@@H]2OC(C)[C@H](OCc3ccccc3)[C@@H](OCc3ccccc3)C2O[C@@H]2OC(C)[C@H](OCc3ccccc3)[C@@H](O[C@H]3O[C@H](COCc4ccccc4)[C@@H](OCc4ccccc4)C(OCc4ccccc4)C3OCc3ccccc3)C2O)C1O. The van der Waals surface area contributed by atoms with Gasteiger partial charge in [-0.1, -0.05) is 243 Å². The van der Waals surface area contributed by atoms with Crippen molar-refractivity contribution < 1.29 is 106 Å². The fourth-order valence-corrected chi connectivity index (χ4v) is 15.0. The summed E-state index contributed by atoms with van der Waals surface area (Å²) in [5, 5.41) is 52.2. The molecule has 0 bridgehead atoms. The van der Waals surface area contributed by atoms with Gasteiger partial charge in [-0.2, -0.15) is 0 Å². The van der Waals surface area contributed by atoms with E-state index in [1.807, 2.05) is 257 Å². The Morgan fingerprint density at radius 2 is 0.589 bits per heavy atom. The number of hydrogen-bond donors (Lipinski definition) is 5. The van der Waals surface area contributed by atoms with Gasteiger partial charge in [0, 0.05) is 6.92 Å². The van der Waals surface area contributed by atoms with E-state index in [1.165, 1.54) is 6.92 Å². The average molecular weight is 1540 g/mol. The van der Waals surface area contributed by atoms with E-state index in [-0.39, 0.29) is 59.5 Å². The molecule has 0 radical (unpaired) electrons. The Morgan fingerprint density at radius 3 is 0.946 bits per heavy atom. The van der Waals surface area contributed by atoms with Crippen molar-refractivity contribution >= 4 is 5.91 Å². The number of carbonyl (C=O) groups excluding carboxylic acids is 1. The van der Waals surface area contributed by atoms with Gasteiger partial charge in [-0.15, -0.1) is 0 Å². The number of rotatable bonds is 35. The number of carbonyl (C=O) groups is 1. The molecule has 5 aliphatic rings. The van der Waals surface area contributed by atoms with Crippen LogP contribution in [0.3, 0.4) is 0 Å². The molecule has 1 amide bonds. The summed E-state index contributed by atoms with van der Waals surface area (Å²) in [6.45, 7) is 8.66. The highest BCUT2D eigenvalue weighted by molar-refractivity contribution is 5.73. The number of aliphatic hydroxyl groups excluding tert-OH is 4. The summed E-state index contributed by atoms with van der Waals surface area (Å²) in [7, 11) is 0. The minimum absolute atomic E-state index is 0.000675. The number of ether oxygens (including phenoxy) is 17. The predicted molar refractivity (Wildman–Crippen MR) is 409 cm³/mol. The van der Waals surface area contributed by atoms with Crippen molar-refractivity contribution in [3.05, 3.63) is 287 Å². The van der Waals surface area contributed by atoms with E-state index in [2.05, 4.69) is 5.32 Å². The summed E-state index contributed by atoms with van der Waals surface area (Å²) in [5.74, 6) is -0.443. The smallest absolute Gasteiger partial charge is 0.217 e. The van der Waals surface area contributed by atoms with Gasteiger partial charge in [-0.3, -0.25) is 4.79 Å². The standard InChI is InChI=1S/C89H105NO22/c1-56-71(90-60(5)92)79(72(93)69(46-91)104-56)109-86-73(94)81(76(57(2)105-86)98-49-63-34-18-8-19-35-63)111-89-85(82(101-52-66-40-24-11-25-41-66)77(59(4)107-89)99-50-64-36-20-9-21-37-64)112-87-74(95)80(75(58(3)106-87)97-48-62-32-16-7-17-33-62)110-88-84(103-54-68-44-28-13-29-45-68)83(102-53-67-42-26-12-27-43-67)78(100-51-65-38-22-10-23-39-65)70(108-88)55-96-47-61-30-14-6-15-31-61/h6-45,56-59,69-89,91,93-95H,46-55H2,1-5H3,(H,90,92)/t56-,57?,58?,59?,69?,70+,71?,72-,73?,74?,75-,76-,77-,78+,79+,80-,81-,82+,83?,84?,85?,86-,87-,88+,89-/m0/s1. The van der Waals surface area contributed by atoms with Crippen molar-refractivity contribution in [2.75, 3.05) is 13.2 Å². The van der Waals surface area contributed by atoms with E-state index >= 15 is 0 Å². The highest BCUT2D eigenvalue weighted by Crippen LogP contribution is 2.41. The van der Waals surface area contributed by atoms with Crippen LogP contribution in [0.1, 0.15) is 79.1 Å². The first kappa shape index (κ1) is 82.4. The van der Waals surface area contributed by atoms with Crippen LogP contribution >= 0.6 is 0 Å². The Labute approximate surface area is 655 Å². The molecule has 0 aromatic heterocycles. The van der Waals surface area contributed by atoms with Crippen LogP contribution in [0.2, 0.25) is 0 Å². The quantitative estimate of drug-likeness (QED) is 0.0247. The molecule has 5 aliphatic heterocycles. The van der Waals surface area contributed by atoms with Gasteiger partial charge in [-0.25, -0.2) is 0 Å². The molecule has 23 heteroatoms. The maximum Gasteiger partial charge on any atom is 0.217 e. The van der Waals surface area contributed by atoms with Gasteiger partial charge in [0.25, 0.3) is 0 Å². The predicted octanol–water partition coefficient (Wildman–Crippen LogP) is 10.2. The van der Waals surface area contributed by atoms with Gasteiger partial charge in [-0.05, 0) is 72.2 Å². The largest absolute Gasteiger partial charge is 0.394 e. The molecule has 0 saturated carbocycles. The zero-order chi connectivity index (χ0) is 77.7. The summed E-state index contributed by atoms with van der Waals surface area (Å²) in [4.78, 5) is 12.8. The van der Waals surface area contributed by atoms with Crippen LogP contribution in [-0.4, -0.2) is 193 Å². The Hall–Kier alpha value is -7.61. The summed E-state index contributed by atoms with van der Waals surface area (Å²) in [6, 6.07) is 76.6. The lowest BCUT2D eigenvalue weighted by molar-refractivity contribution is -0.404. The first-order valence-corrected chi connectivity index (χ1v) is 38.7. The molecule has 8 aromatic carbocycles. The van der Waals surface area contributed by atoms with Gasteiger partial charge in [0.15, 0.2) is 25.2 Å². The second-order valence-corrected chi connectivity index (χ2v) is 29.2. The van der Waals surface area contributed by atoms with E-state index in [0.717, 1.165) is 44.5 Å². The topological polar surface area (TPSA) is 267 Å². The Bertz CT molecular complexity index is 4010. The minimum atomic E-state index is -1.77. The van der Waals surface area contributed by atoms with Gasteiger partial charge in [0.05, 0.1) is 96.5 Å². The lowest BCUT2D eigenvalue weighted by Crippen LogP contribution is -2.69. The monoisotopic (exact) mass is 1540 g/mol. The van der Waals surface area contributed by atoms with Crippen molar-refractivity contribution in [2.24, 2.45) is 0 Å². The van der Waals surface area contributed by atoms with E-state index in [1.54, 1.807) is 13.8 Å². The van der Waals surface area contributed by atoms with Gasteiger partial charge >= 0.3 is 0 Å². The molecule has 8 aromatic rings. The summed E-state index contributed by atoms with van der Waals surface area (Å²) in [5.41, 5.74) is 6.89. The van der Waals surface area contributed by atoms with Gasteiger partial charge in [0.2, 0.25) is 5.91 Å². The molecule has 5 saturated heterocycles. The van der Waals surface area contributed by atoms with Crippen molar-refractivity contribution in [3.8, 4) is 0 Å². The lowest BCUT2D eigenvalue weighted by atomic mass is 9.92. The van der Waals surface area contributed by atoms with Crippen LogP contribution in [0.4, 0.5) is 0 Å². The van der Waals surface area contributed by atoms with E-state index in [9.17, 15) is 25.2 Å². The maximum absolute atomic E-state index is 13.8. The number of hydrogen-bond acceptors (Lipinski definition) is 22. The molecule has 10 unspecified atom stereocenters. The second kappa shape index (κ2) is 41.1. The minimum Gasteiger partial charge on any atom is -0.394 e. The first-order valence-electron chi connectivity index (χ1n) is 38.7. The summed E-state index contributed by atoms with van der Waals surface area (Å²) >= 11 is 0. The molecular formula is C89H105NO22. The van der Waals surface area contributed by atoms with Gasteiger partial charge in [0.1, 0.15) is 97.7 Å². The molecule has 5 N–H and O–H groups in total. The van der Waals surface area contributed by atoms with E-state index in [0.29, 0.717) is 0 Å². The second-order valence-electron chi connectivity index (χ2n) is 29.2. The zero-order valence-corrected chi connectivity index (χ0v) is 63.7. The number of nitrogens with one attached hydrogen (secondary N) is 1. The first-order chi connectivity index (χ1) is 54.7. The number of benzene rings is 8. The van der Waals surface area contributed by atoms with Gasteiger partial charge < -0.3 is 106 Å².